The molecule has 2 heterocycles. The van der Waals surface area contributed by atoms with Gasteiger partial charge in [-0.15, -0.1) is 11.3 Å². The van der Waals surface area contributed by atoms with Crippen LogP contribution in [0.5, 0.6) is 0 Å². The summed E-state index contributed by atoms with van der Waals surface area (Å²) in [5, 5.41) is 3.57. The molecule has 8 heteroatoms. The maximum absolute atomic E-state index is 5.63. The summed E-state index contributed by atoms with van der Waals surface area (Å²) in [6, 6.07) is 1.54. The first-order valence-corrected chi connectivity index (χ1v) is 8.03. The van der Waals surface area contributed by atoms with Gasteiger partial charge in [-0.1, -0.05) is 11.8 Å². The predicted octanol–water partition coefficient (Wildman–Crippen LogP) is 2.49. The SMILES string of the molecule is CCO[C@@H](C)c1nc(CSc2nc(N)cc(N)n2)cs1. The molecule has 108 valence electrons. The second-order valence-electron chi connectivity index (χ2n) is 4.06. The number of thioether (sulfide) groups is 1. The molecule has 0 aliphatic carbocycles. The van der Waals surface area contributed by atoms with Gasteiger partial charge in [0.15, 0.2) is 5.16 Å². The zero-order valence-electron chi connectivity index (χ0n) is 11.4. The summed E-state index contributed by atoms with van der Waals surface area (Å²) in [5.41, 5.74) is 12.2. The van der Waals surface area contributed by atoms with Gasteiger partial charge in [0.1, 0.15) is 22.7 Å². The number of nitrogen functional groups attached to an aromatic ring is 2. The summed E-state index contributed by atoms with van der Waals surface area (Å²) in [6.07, 6.45) is 0.0306. The van der Waals surface area contributed by atoms with E-state index in [1.54, 1.807) is 11.3 Å². The van der Waals surface area contributed by atoms with Crippen LogP contribution in [0.2, 0.25) is 0 Å². The van der Waals surface area contributed by atoms with Crippen LogP contribution in [0, 0.1) is 0 Å². The summed E-state index contributed by atoms with van der Waals surface area (Å²) >= 11 is 3.06. The predicted molar refractivity (Wildman–Crippen MR) is 82.6 cm³/mol. The summed E-state index contributed by atoms with van der Waals surface area (Å²) in [7, 11) is 0. The van der Waals surface area contributed by atoms with E-state index in [1.807, 2.05) is 19.2 Å². The monoisotopic (exact) mass is 311 g/mol. The van der Waals surface area contributed by atoms with Crippen molar-refractivity contribution < 1.29 is 4.74 Å². The summed E-state index contributed by atoms with van der Waals surface area (Å²) in [5.74, 6) is 1.44. The molecule has 0 aromatic carbocycles. The molecule has 0 unspecified atom stereocenters. The molecule has 6 nitrogen and oxygen atoms in total. The van der Waals surface area contributed by atoms with Crippen molar-refractivity contribution >= 4 is 34.7 Å². The number of rotatable bonds is 6. The Balaban J connectivity index is 1.97. The van der Waals surface area contributed by atoms with Crippen LogP contribution in [-0.2, 0) is 10.5 Å². The molecular formula is C12H17N5OS2. The fraction of sp³-hybridized carbons (Fsp3) is 0.417. The van der Waals surface area contributed by atoms with Gasteiger partial charge in [-0.3, -0.25) is 0 Å². The minimum atomic E-state index is 0.0306. The van der Waals surface area contributed by atoms with Gasteiger partial charge < -0.3 is 16.2 Å². The van der Waals surface area contributed by atoms with Gasteiger partial charge in [-0.05, 0) is 13.8 Å². The molecule has 0 amide bonds. The number of nitrogens with zero attached hydrogens (tertiary/aromatic N) is 3. The number of nitrogens with two attached hydrogens (primary N) is 2. The van der Waals surface area contributed by atoms with E-state index < -0.39 is 0 Å². The molecule has 0 radical (unpaired) electrons. The molecule has 4 N–H and O–H groups in total. The van der Waals surface area contributed by atoms with Crippen LogP contribution in [0.4, 0.5) is 11.6 Å². The first-order chi connectivity index (χ1) is 9.58. The topological polar surface area (TPSA) is 99.9 Å². The normalized spacial score (nSPS) is 12.5. The Morgan fingerprint density at radius 3 is 2.65 bits per heavy atom. The third kappa shape index (κ3) is 4.06. The second-order valence-corrected chi connectivity index (χ2v) is 5.90. The minimum Gasteiger partial charge on any atom is -0.383 e. The van der Waals surface area contributed by atoms with Gasteiger partial charge in [0.05, 0.1) is 5.69 Å². The van der Waals surface area contributed by atoms with Gasteiger partial charge >= 0.3 is 0 Å². The van der Waals surface area contributed by atoms with Crippen molar-refractivity contribution in [1.29, 1.82) is 0 Å². The number of aromatic nitrogens is 3. The largest absolute Gasteiger partial charge is 0.383 e. The smallest absolute Gasteiger partial charge is 0.191 e. The third-order valence-electron chi connectivity index (χ3n) is 2.43. The molecule has 2 aromatic rings. The summed E-state index contributed by atoms with van der Waals surface area (Å²) in [4.78, 5) is 12.8. The summed E-state index contributed by atoms with van der Waals surface area (Å²) in [6.45, 7) is 4.66. The highest BCUT2D eigenvalue weighted by Crippen LogP contribution is 2.25. The molecule has 0 aliphatic heterocycles. The molecule has 0 saturated heterocycles. The van der Waals surface area contributed by atoms with E-state index in [9.17, 15) is 0 Å². The lowest BCUT2D eigenvalue weighted by Crippen LogP contribution is -2.00. The lowest BCUT2D eigenvalue weighted by Gasteiger charge is -2.06. The first kappa shape index (κ1) is 15.0. The van der Waals surface area contributed by atoms with Gasteiger partial charge in [-0.25, -0.2) is 15.0 Å². The van der Waals surface area contributed by atoms with Crippen LogP contribution in [-0.4, -0.2) is 21.6 Å². The second kappa shape index (κ2) is 6.87. The number of hydrogen-bond acceptors (Lipinski definition) is 8. The van der Waals surface area contributed by atoms with E-state index in [0.717, 1.165) is 10.7 Å². The Morgan fingerprint density at radius 1 is 1.30 bits per heavy atom. The Hall–Kier alpha value is -1.38. The van der Waals surface area contributed by atoms with E-state index in [0.29, 0.717) is 29.2 Å². The molecule has 20 heavy (non-hydrogen) atoms. The lowest BCUT2D eigenvalue weighted by molar-refractivity contribution is 0.0761. The Bertz CT molecular complexity index is 554. The molecule has 0 spiro atoms. The van der Waals surface area contributed by atoms with Crippen molar-refractivity contribution in [1.82, 2.24) is 15.0 Å². The standard InChI is InChI=1S/C12H17N5OS2/c1-3-18-7(2)11-15-8(5-19-11)6-20-12-16-9(13)4-10(14)17-12/h4-5,7H,3,6H2,1-2H3,(H4,13,14,16,17)/t7-/m0/s1. The van der Waals surface area contributed by atoms with E-state index in [-0.39, 0.29) is 6.10 Å². The zero-order chi connectivity index (χ0) is 14.5. The molecular weight excluding hydrogens is 294 g/mol. The Labute approximate surface area is 126 Å². The van der Waals surface area contributed by atoms with Crippen LogP contribution in [0.15, 0.2) is 16.6 Å². The summed E-state index contributed by atoms with van der Waals surface area (Å²) < 4.78 is 5.52. The molecule has 0 fully saturated rings. The number of anilines is 2. The molecule has 2 rings (SSSR count). The maximum Gasteiger partial charge on any atom is 0.191 e. The van der Waals surface area contributed by atoms with E-state index in [4.69, 9.17) is 16.2 Å². The van der Waals surface area contributed by atoms with Crippen molar-refractivity contribution in [2.45, 2.75) is 30.9 Å². The fourth-order valence-corrected chi connectivity index (χ4v) is 3.25. The van der Waals surface area contributed by atoms with Crippen molar-refractivity contribution in [2.24, 2.45) is 0 Å². The van der Waals surface area contributed by atoms with Crippen molar-refractivity contribution in [3.63, 3.8) is 0 Å². The highest BCUT2D eigenvalue weighted by atomic mass is 32.2. The Morgan fingerprint density at radius 2 is 2.00 bits per heavy atom. The van der Waals surface area contributed by atoms with Gasteiger partial charge in [0, 0.05) is 23.8 Å². The van der Waals surface area contributed by atoms with Crippen LogP contribution in [0.25, 0.3) is 0 Å². The fourth-order valence-electron chi connectivity index (χ4n) is 1.56. The van der Waals surface area contributed by atoms with Crippen molar-refractivity contribution in [3.05, 3.63) is 22.1 Å². The maximum atomic E-state index is 5.63. The van der Waals surface area contributed by atoms with E-state index in [1.165, 1.54) is 17.8 Å². The lowest BCUT2D eigenvalue weighted by atomic mass is 10.4. The molecule has 1 atom stereocenters. The van der Waals surface area contributed by atoms with Gasteiger partial charge in [0.25, 0.3) is 0 Å². The molecule has 0 saturated carbocycles. The highest BCUT2D eigenvalue weighted by Gasteiger charge is 2.11. The van der Waals surface area contributed by atoms with Crippen LogP contribution >= 0.6 is 23.1 Å². The highest BCUT2D eigenvalue weighted by molar-refractivity contribution is 7.98. The van der Waals surface area contributed by atoms with Crippen molar-refractivity contribution in [2.75, 3.05) is 18.1 Å². The van der Waals surface area contributed by atoms with Crippen LogP contribution < -0.4 is 11.5 Å². The number of thiazole rings is 1. The number of hydrogen-bond donors (Lipinski definition) is 2. The molecule has 2 aromatic heterocycles. The third-order valence-corrected chi connectivity index (χ3v) is 4.36. The first-order valence-electron chi connectivity index (χ1n) is 6.17. The quantitative estimate of drug-likeness (QED) is 0.624. The Kier molecular flexibility index (Phi) is 5.16. The molecule has 0 aliphatic rings. The average Bonchev–Trinajstić information content (AvgIpc) is 2.84. The van der Waals surface area contributed by atoms with Crippen molar-refractivity contribution in [3.8, 4) is 0 Å². The van der Waals surface area contributed by atoms with E-state index in [2.05, 4.69) is 15.0 Å². The zero-order valence-corrected chi connectivity index (χ0v) is 13.0. The van der Waals surface area contributed by atoms with Crippen LogP contribution in [0.3, 0.4) is 0 Å². The van der Waals surface area contributed by atoms with Gasteiger partial charge in [-0.2, -0.15) is 0 Å². The van der Waals surface area contributed by atoms with E-state index >= 15 is 0 Å². The average molecular weight is 311 g/mol. The number of ether oxygens (including phenoxy) is 1. The molecule has 0 bridgehead atoms. The minimum absolute atomic E-state index is 0.0306. The van der Waals surface area contributed by atoms with Gasteiger partial charge in [0.2, 0.25) is 0 Å². The van der Waals surface area contributed by atoms with Crippen LogP contribution in [0.1, 0.15) is 30.7 Å².